The van der Waals surface area contributed by atoms with E-state index in [9.17, 15) is 0 Å². The fourth-order valence-electron chi connectivity index (χ4n) is 9.88. The molecule has 58 heavy (non-hydrogen) atoms. The molecule has 3 aliphatic carbocycles. The molecule has 6 aromatic carbocycles. The van der Waals surface area contributed by atoms with Gasteiger partial charge in [0.05, 0.1) is 11.4 Å². The first-order valence-electron chi connectivity index (χ1n) is 20.5. The van der Waals surface area contributed by atoms with Crippen molar-refractivity contribution in [1.29, 1.82) is 0 Å². The van der Waals surface area contributed by atoms with E-state index in [-0.39, 0.29) is 11.8 Å². The zero-order valence-corrected chi connectivity index (χ0v) is 32.8. The van der Waals surface area contributed by atoms with Crippen molar-refractivity contribution in [3.8, 4) is 16.8 Å². The van der Waals surface area contributed by atoms with Crippen LogP contribution in [0.25, 0.3) is 54.0 Å². The molecule has 278 valence electrons. The lowest BCUT2D eigenvalue weighted by molar-refractivity contribution is 0.287. The van der Waals surface area contributed by atoms with Crippen LogP contribution >= 0.6 is 11.3 Å². The van der Waals surface area contributed by atoms with Crippen molar-refractivity contribution >= 4 is 65.6 Å². The number of benzene rings is 6. The Morgan fingerprint density at radius 2 is 1.41 bits per heavy atom. The molecule has 0 saturated heterocycles. The minimum atomic E-state index is 0.221. The van der Waals surface area contributed by atoms with Crippen LogP contribution in [0.2, 0.25) is 0 Å². The smallest absolute Gasteiger partial charge is 0.112 e. The van der Waals surface area contributed by atoms with Gasteiger partial charge in [-0.3, -0.25) is 0 Å². The molecule has 0 amide bonds. The monoisotopic (exact) mass is 764 g/mol. The number of anilines is 3. The third kappa shape index (κ3) is 5.32. The van der Waals surface area contributed by atoms with E-state index in [1.165, 1.54) is 70.3 Å². The Kier molecular flexibility index (Phi) is 7.80. The Balaban J connectivity index is 0.985. The van der Waals surface area contributed by atoms with Gasteiger partial charge in [0.2, 0.25) is 0 Å². The van der Waals surface area contributed by atoms with Gasteiger partial charge in [0, 0.05) is 71.9 Å². The molecule has 0 fully saturated rings. The van der Waals surface area contributed by atoms with Crippen LogP contribution in [0.5, 0.6) is 0 Å². The largest absolute Gasteiger partial charge is 0.465 e. The maximum absolute atomic E-state index is 6.41. The summed E-state index contributed by atoms with van der Waals surface area (Å²) >= 11 is 1.88. The summed E-state index contributed by atoms with van der Waals surface area (Å²) in [6, 6.07) is 51.8. The van der Waals surface area contributed by atoms with Crippen molar-refractivity contribution in [2.75, 3.05) is 4.90 Å². The third-order valence-corrected chi connectivity index (χ3v) is 13.8. The highest BCUT2D eigenvalue weighted by atomic mass is 32.1. The summed E-state index contributed by atoms with van der Waals surface area (Å²) in [6.07, 6.45) is 20.0. The van der Waals surface area contributed by atoms with E-state index in [1.54, 1.807) is 0 Å². The van der Waals surface area contributed by atoms with Crippen molar-refractivity contribution < 1.29 is 4.74 Å². The summed E-state index contributed by atoms with van der Waals surface area (Å²) in [6.45, 7) is 0. The van der Waals surface area contributed by atoms with Crippen LogP contribution in [0.1, 0.15) is 42.0 Å². The van der Waals surface area contributed by atoms with Gasteiger partial charge < -0.3 is 14.2 Å². The molecule has 0 N–H and O–H groups in total. The van der Waals surface area contributed by atoms with Crippen LogP contribution < -0.4 is 4.90 Å². The molecule has 0 radical (unpaired) electrons. The van der Waals surface area contributed by atoms with E-state index in [2.05, 4.69) is 192 Å². The van der Waals surface area contributed by atoms with E-state index < -0.39 is 0 Å². The topological polar surface area (TPSA) is 17.4 Å². The molecule has 2 atom stereocenters. The van der Waals surface area contributed by atoms with Gasteiger partial charge in [-0.25, -0.2) is 0 Å². The fourth-order valence-corrected chi connectivity index (χ4v) is 11.1. The van der Waals surface area contributed by atoms with E-state index >= 15 is 0 Å². The number of allylic oxidation sites excluding steroid dienone is 8. The van der Waals surface area contributed by atoms with Gasteiger partial charge in [-0.15, -0.1) is 11.3 Å². The molecule has 2 aromatic heterocycles. The van der Waals surface area contributed by atoms with Gasteiger partial charge in [-0.05, 0) is 108 Å². The average molecular weight is 765 g/mol. The number of fused-ring (bicyclic) bond motifs is 8. The highest BCUT2D eigenvalue weighted by Gasteiger charge is 2.38. The second-order valence-corrected chi connectivity index (χ2v) is 16.9. The summed E-state index contributed by atoms with van der Waals surface area (Å²) in [7, 11) is 0. The Morgan fingerprint density at radius 1 is 0.655 bits per heavy atom. The number of ether oxygens (including phenoxy) is 1. The maximum atomic E-state index is 6.41. The molecule has 3 heterocycles. The summed E-state index contributed by atoms with van der Waals surface area (Å²) < 4.78 is 11.5. The standard InChI is InChI=1S/C54H40N2OS/c1-2-12-37(13-3-1)56-48-20-7-4-14-43(48)44-33-32-40(34-49(44)56)55(38-28-24-35(25-29-38)41-17-11-22-51-53(41)47-16-5-8-21-50(47)57-51)39-30-26-36(27-31-39)42-18-10-19-46-45-15-6-9-23-52(45)58-54(42)46/h1-3,5-7,9-13,15-20,22-34,41,53H,4,8,14,21H2. The van der Waals surface area contributed by atoms with Crippen LogP contribution in [0.4, 0.5) is 17.1 Å². The first kappa shape index (κ1) is 33.5. The number of thiophene rings is 1. The lowest BCUT2D eigenvalue weighted by Gasteiger charge is -2.28. The van der Waals surface area contributed by atoms with Crippen molar-refractivity contribution in [3.05, 3.63) is 210 Å². The molecular formula is C54H40N2OS. The Morgan fingerprint density at radius 3 is 2.29 bits per heavy atom. The SMILES string of the molecule is C1=CC(c2ccc(N(c3ccc(-c4cccc5c4sc4ccccc45)cc3)c3ccc4c5c(n(-c6ccccc6)c4c3)C=CCC5)cc2)C2C(=C1)OC1=C2C=CCC1. The fraction of sp³-hybridized carbons (Fsp3) is 0.111. The van der Waals surface area contributed by atoms with Gasteiger partial charge in [0.1, 0.15) is 11.5 Å². The second kappa shape index (κ2) is 13.5. The van der Waals surface area contributed by atoms with Crippen LogP contribution in [0.15, 0.2) is 193 Å². The maximum Gasteiger partial charge on any atom is 0.112 e. The quantitative estimate of drug-likeness (QED) is 0.168. The predicted molar refractivity (Wildman–Crippen MR) is 244 cm³/mol. The van der Waals surface area contributed by atoms with Crippen LogP contribution in [-0.2, 0) is 11.2 Å². The number of para-hydroxylation sites is 1. The van der Waals surface area contributed by atoms with E-state index in [0.717, 1.165) is 54.3 Å². The zero-order chi connectivity index (χ0) is 38.2. The van der Waals surface area contributed by atoms with Crippen molar-refractivity contribution in [2.24, 2.45) is 5.92 Å². The number of hydrogen-bond acceptors (Lipinski definition) is 3. The molecule has 8 aromatic rings. The summed E-state index contributed by atoms with van der Waals surface area (Å²) in [5.74, 6) is 2.67. The molecule has 4 aliphatic rings. The molecule has 0 spiro atoms. The number of rotatable bonds is 6. The Labute approximate surface area is 342 Å². The number of aryl methyl sites for hydroxylation is 1. The molecule has 0 saturated carbocycles. The predicted octanol–water partition coefficient (Wildman–Crippen LogP) is 14.9. The number of nitrogens with zero attached hydrogens (tertiary/aromatic N) is 2. The first-order chi connectivity index (χ1) is 28.8. The van der Waals surface area contributed by atoms with Gasteiger partial charge >= 0.3 is 0 Å². The van der Waals surface area contributed by atoms with Crippen molar-refractivity contribution in [3.63, 3.8) is 0 Å². The average Bonchev–Trinajstić information content (AvgIpc) is 3.97. The van der Waals surface area contributed by atoms with Crippen molar-refractivity contribution in [2.45, 2.75) is 31.6 Å². The molecular weight excluding hydrogens is 725 g/mol. The molecule has 12 rings (SSSR count). The Hall–Kier alpha value is -6.62. The van der Waals surface area contributed by atoms with Gasteiger partial charge in [-0.1, -0.05) is 115 Å². The van der Waals surface area contributed by atoms with Crippen LogP contribution in [-0.4, -0.2) is 4.57 Å². The molecule has 0 bridgehead atoms. The normalized spacial score (nSPS) is 18.0. The lowest BCUT2D eigenvalue weighted by atomic mass is 9.77. The van der Waals surface area contributed by atoms with E-state index in [4.69, 9.17) is 4.74 Å². The third-order valence-electron chi connectivity index (χ3n) is 12.6. The number of hydrogen-bond donors (Lipinski definition) is 0. The zero-order valence-electron chi connectivity index (χ0n) is 32.0. The van der Waals surface area contributed by atoms with E-state index in [1.807, 2.05) is 11.3 Å². The lowest BCUT2D eigenvalue weighted by Crippen LogP contribution is -2.15. The first-order valence-corrected chi connectivity index (χ1v) is 21.3. The van der Waals surface area contributed by atoms with Crippen LogP contribution in [0, 0.1) is 5.92 Å². The van der Waals surface area contributed by atoms with Gasteiger partial charge in [-0.2, -0.15) is 0 Å². The van der Waals surface area contributed by atoms with Crippen molar-refractivity contribution in [1.82, 2.24) is 4.57 Å². The Bertz CT molecular complexity index is 3080. The van der Waals surface area contributed by atoms with Crippen LogP contribution in [0.3, 0.4) is 0 Å². The summed E-state index contributed by atoms with van der Waals surface area (Å²) in [5, 5.41) is 3.97. The molecule has 3 nitrogen and oxygen atoms in total. The molecule has 1 aliphatic heterocycles. The summed E-state index contributed by atoms with van der Waals surface area (Å²) in [5.41, 5.74) is 13.6. The second-order valence-electron chi connectivity index (χ2n) is 15.8. The highest BCUT2D eigenvalue weighted by Crippen LogP contribution is 2.50. The van der Waals surface area contributed by atoms with Gasteiger partial charge in [0.25, 0.3) is 0 Å². The molecule has 2 unspecified atom stereocenters. The minimum Gasteiger partial charge on any atom is -0.465 e. The highest BCUT2D eigenvalue weighted by molar-refractivity contribution is 7.26. The molecule has 4 heteroatoms. The van der Waals surface area contributed by atoms with Gasteiger partial charge in [0.15, 0.2) is 0 Å². The number of aromatic nitrogens is 1. The van der Waals surface area contributed by atoms with E-state index in [0.29, 0.717) is 0 Å². The minimum absolute atomic E-state index is 0.221. The summed E-state index contributed by atoms with van der Waals surface area (Å²) in [4.78, 5) is 2.43.